The Morgan fingerprint density at radius 1 is 1.15 bits per heavy atom. The Balaban J connectivity index is 1.30. The van der Waals surface area contributed by atoms with E-state index in [4.69, 9.17) is 25.2 Å². The molecule has 3 N–H and O–H groups in total. The first-order chi connectivity index (χ1) is 26.6. The number of nitrogens with one attached hydrogen (secondary N) is 1. The highest BCUT2D eigenvalue weighted by atomic mass is 32.1. The molecule has 0 unspecified atom stereocenters. The Labute approximate surface area is 329 Å². The van der Waals surface area contributed by atoms with Gasteiger partial charge in [0.15, 0.2) is 0 Å². The van der Waals surface area contributed by atoms with E-state index in [-0.39, 0.29) is 17.4 Å². The van der Waals surface area contributed by atoms with Crippen LogP contribution in [0.2, 0.25) is 0 Å². The van der Waals surface area contributed by atoms with Crippen LogP contribution in [0.4, 0.5) is 5.69 Å². The van der Waals surface area contributed by atoms with Crippen LogP contribution in [0, 0.1) is 5.41 Å². The van der Waals surface area contributed by atoms with E-state index in [2.05, 4.69) is 77.1 Å². The van der Waals surface area contributed by atoms with Crippen LogP contribution >= 0.6 is 11.3 Å². The number of anilines is 1. The molecule has 7 rings (SSSR count). The molecule has 0 spiro atoms. The Hall–Kier alpha value is -3.88. The molecule has 3 aliphatic rings. The number of thiazole rings is 1. The third-order valence-electron chi connectivity index (χ3n) is 11.7. The zero-order chi connectivity index (χ0) is 38.7. The number of piperazine rings is 1. The van der Waals surface area contributed by atoms with Crippen molar-refractivity contribution in [1.29, 1.82) is 0 Å². The molecule has 0 bridgehead atoms. The molecule has 3 atom stereocenters. The molecule has 55 heavy (non-hydrogen) atoms. The van der Waals surface area contributed by atoms with Gasteiger partial charge >= 0.3 is 0 Å². The summed E-state index contributed by atoms with van der Waals surface area (Å²) in [4.78, 5) is 39.8. The average Bonchev–Trinajstić information content (AvgIpc) is 3.80. The molecule has 0 saturated carbocycles. The normalized spacial score (nSPS) is 19.3. The minimum atomic E-state index is -0.657. The van der Waals surface area contributed by atoms with Crippen LogP contribution in [0.3, 0.4) is 0 Å². The molecule has 3 aromatic heterocycles. The van der Waals surface area contributed by atoms with Crippen molar-refractivity contribution in [3.63, 3.8) is 0 Å². The Bertz CT molecular complexity index is 1970. The summed E-state index contributed by atoms with van der Waals surface area (Å²) in [6, 6.07) is 8.85. The molecule has 0 radical (unpaired) electrons. The van der Waals surface area contributed by atoms with Crippen LogP contribution in [0.5, 0.6) is 0 Å². The summed E-state index contributed by atoms with van der Waals surface area (Å²) < 4.78 is 13.7. The van der Waals surface area contributed by atoms with Gasteiger partial charge in [0, 0.05) is 91.7 Å². The molecule has 1 aromatic carbocycles. The van der Waals surface area contributed by atoms with Crippen molar-refractivity contribution in [3.05, 3.63) is 52.1 Å². The van der Waals surface area contributed by atoms with Crippen LogP contribution in [-0.2, 0) is 38.4 Å². The molecule has 6 heterocycles. The summed E-state index contributed by atoms with van der Waals surface area (Å²) in [6.07, 6.45) is 8.72. The maximum atomic E-state index is 13.0. The van der Waals surface area contributed by atoms with E-state index in [0.29, 0.717) is 38.5 Å². The van der Waals surface area contributed by atoms with Gasteiger partial charge in [-0.15, -0.1) is 11.3 Å². The van der Waals surface area contributed by atoms with Gasteiger partial charge in [0.2, 0.25) is 0 Å². The number of piperidine rings is 1. The Morgan fingerprint density at radius 2 is 1.98 bits per heavy atom. The number of carbonyl (C=O) groups excluding carboxylic acids is 2. The Kier molecular flexibility index (Phi) is 12.2. The third-order valence-corrected chi connectivity index (χ3v) is 12.6. The largest absolute Gasteiger partial charge is 0.467 e. The van der Waals surface area contributed by atoms with Gasteiger partial charge in [-0.2, -0.15) is 0 Å². The lowest BCUT2D eigenvalue weighted by Crippen LogP contribution is -2.54. The van der Waals surface area contributed by atoms with Gasteiger partial charge in [-0.25, -0.2) is 10.4 Å². The molecule has 13 heteroatoms. The molecule has 1 amide bonds. The second kappa shape index (κ2) is 17.1. The number of rotatable bonds is 14. The highest BCUT2D eigenvalue weighted by molar-refractivity contribution is 7.10. The van der Waals surface area contributed by atoms with E-state index in [0.717, 1.165) is 95.4 Å². The van der Waals surface area contributed by atoms with Crippen molar-refractivity contribution in [3.8, 4) is 22.5 Å². The molecular weight excluding hydrogens is 713 g/mol. The number of aromatic nitrogens is 3. The third kappa shape index (κ3) is 8.46. The van der Waals surface area contributed by atoms with Gasteiger partial charge in [-0.3, -0.25) is 24.5 Å². The number of hydrogen-bond acceptors (Lipinski definition) is 11. The minimum Gasteiger partial charge on any atom is -0.467 e. The molecule has 3 saturated heterocycles. The SMILES string of the molecule is CCn1c(-c2cc(N3CCN4CCCC[C@@H]4C3)cnc2[C@H](C)OC)c(CC(C)(C)COC=O)c2cc(-c3csc(C[C@H](N)C(=O)N4CCCCN4)n3)ccc21. The van der Waals surface area contributed by atoms with Gasteiger partial charge in [-0.1, -0.05) is 26.3 Å². The molecule has 296 valence electrons. The van der Waals surface area contributed by atoms with Crippen LogP contribution < -0.4 is 16.1 Å². The van der Waals surface area contributed by atoms with Crippen LogP contribution in [0.25, 0.3) is 33.4 Å². The first-order valence-corrected chi connectivity index (χ1v) is 21.0. The number of fused-ring (bicyclic) bond motifs is 2. The summed E-state index contributed by atoms with van der Waals surface area (Å²) in [7, 11) is 1.74. The van der Waals surface area contributed by atoms with Gasteiger partial charge < -0.3 is 24.7 Å². The van der Waals surface area contributed by atoms with Gasteiger partial charge in [0.25, 0.3) is 12.4 Å². The number of nitrogens with two attached hydrogens (primary N) is 1. The zero-order valence-electron chi connectivity index (χ0n) is 33.2. The van der Waals surface area contributed by atoms with E-state index >= 15 is 0 Å². The number of hydrazine groups is 1. The second-order valence-electron chi connectivity index (χ2n) is 16.2. The van der Waals surface area contributed by atoms with E-state index < -0.39 is 6.04 Å². The molecule has 12 nitrogen and oxygen atoms in total. The molecule has 4 aromatic rings. The number of hydrogen-bond donors (Lipinski definition) is 2. The van der Waals surface area contributed by atoms with E-state index in [1.54, 1.807) is 12.1 Å². The van der Waals surface area contributed by atoms with Crippen molar-refractivity contribution < 1.29 is 19.1 Å². The first-order valence-electron chi connectivity index (χ1n) is 20.1. The number of amides is 1. The fourth-order valence-electron chi connectivity index (χ4n) is 8.73. The summed E-state index contributed by atoms with van der Waals surface area (Å²) in [5.41, 5.74) is 17.6. The van der Waals surface area contributed by atoms with Crippen molar-refractivity contribution >= 4 is 40.3 Å². The lowest BCUT2D eigenvalue weighted by atomic mass is 9.84. The van der Waals surface area contributed by atoms with Gasteiger partial charge in [0.1, 0.15) is 0 Å². The lowest BCUT2D eigenvalue weighted by Gasteiger charge is -2.45. The average molecular weight is 771 g/mol. The fraction of sp³-hybridized carbons (Fsp3) is 0.571. The summed E-state index contributed by atoms with van der Waals surface area (Å²) in [6.45, 7) is 15.8. The number of nitrogens with zero attached hydrogens (tertiary/aromatic N) is 6. The Morgan fingerprint density at radius 3 is 2.75 bits per heavy atom. The predicted octanol–water partition coefficient (Wildman–Crippen LogP) is 5.97. The number of methoxy groups -OCH3 is 1. The zero-order valence-corrected chi connectivity index (χ0v) is 34.0. The number of carbonyl (C=O) groups is 2. The highest BCUT2D eigenvalue weighted by Crippen LogP contribution is 2.43. The molecule has 0 aliphatic carbocycles. The van der Waals surface area contributed by atoms with Gasteiger partial charge in [0.05, 0.1) is 52.7 Å². The monoisotopic (exact) mass is 770 g/mol. The molecular formula is C42H58N8O4S. The smallest absolute Gasteiger partial charge is 0.293 e. The number of ether oxygens (including phenoxy) is 2. The van der Waals surface area contributed by atoms with Crippen molar-refractivity contribution in [1.82, 2.24) is 29.9 Å². The van der Waals surface area contributed by atoms with Gasteiger partial charge in [-0.05, 0) is 76.3 Å². The number of pyridine rings is 1. The second-order valence-corrected chi connectivity index (χ2v) is 17.2. The summed E-state index contributed by atoms with van der Waals surface area (Å²) in [5.74, 6) is -0.0888. The topological polar surface area (TPSA) is 131 Å². The van der Waals surface area contributed by atoms with E-state index in [1.165, 1.54) is 42.7 Å². The van der Waals surface area contributed by atoms with Crippen molar-refractivity contribution in [2.45, 2.75) is 97.4 Å². The van der Waals surface area contributed by atoms with E-state index in [9.17, 15) is 9.59 Å². The fourth-order valence-corrected chi connectivity index (χ4v) is 9.59. The number of benzene rings is 1. The quantitative estimate of drug-likeness (QED) is 0.148. The standard InChI is InChI=1S/C42H58N8O4S/c1-6-49-37-13-12-29(36-25-55-38(46-36)21-35(43)41(52)50-16-10-8-14-45-50)19-32(37)34(22-42(3,4)26-54-27-51)40(49)33-20-31(23-44-39(33)28(2)53-5)48-18-17-47-15-9-7-11-30(47)24-48/h12-13,19-20,23,25,27-28,30,35,45H,6-11,14-18,21-22,24,26,43H2,1-5H3/t28-,30+,35-/m0/s1. The van der Waals surface area contributed by atoms with Crippen molar-refractivity contribution in [2.75, 3.05) is 57.9 Å². The minimum absolute atomic E-state index is 0.0888. The molecule has 3 aliphatic heterocycles. The summed E-state index contributed by atoms with van der Waals surface area (Å²) in [5, 5.41) is 5.69. The maximum absolute atomic E-state index is 13.0. The lowest BCUT2D eigenvalue weighted by molar-refractivity contribution is -0.137. The first kappa shape index (κ1) is 39.4. The summed E-state index contributed by atoms with van der Waals surface area (Å²) >= 11 is 1.54. The van der Waals surface area contributed by atoms with Crippen LogP contribution in [0.1, 0.15) is 82.2 Å². The van der Waals surface area contributed by atoms with Crippen LogP contribution in [0.15, 0.2) is 35.8 Å². The van der Waals surface area contributed by atoms with Crippen molar-refractivity contribution in [2.24, 2.45) is 11.1 Å². The van der Waals surface area contributed by atoms with E-state index in [1.807, 2.05) is 6.20 Å². The maximum Gasteiger partial charge on any atom is 0.293 e. The number of aryl methyl sites for hydroxylation is 1. The molecule has 3 fully saturated rings. The predicted molar refractivity (Wildman–Crippen MR) is 219 cm³/mol. The van der Waals surface area contributed by atoms with Crippen LogP contribution in [-0.4, -0.2) is 102 Å². The highest BCUT2D eigenvalue weighted by Gasteiger charge is 2.32.